The van der Waals surface area contributed by atoms with Gasteiger partial charge < -0.3 is 29.9 Å². The fourth-order valence-corrected chi connectivity index (χ4v) is 2.99. The molecular weight excluding hydrogens is 346 g/mol. The monoisotopic (exact) mass is 365 g/mol. The van der Waals surface area contributed by atoms with Crippen molar-refractivity contribution in [1.29, 1.82) is 0 Å². The van der Waals surface area contributed by atoms with Crippen molar-refractivity contribution in [3.63, 3.8) is 0 Å². The maximum atomic E-state index is 11.1. The lowest BCUT2D eigenvalue weighted by Crippen LogP contribution is -2.53. The van der Waals surface area contributed by atoms with Crippen LogP contribution in [-0.2, 0) is 4.74 Å². The predicted octanol–water partition coefficient (Wildman–Crippen LogP) is -0.620. The number of benzene rings is 1. The minimum Gasteiger partial charge on any atom is -0.497 e. The fraction of sp³-hybridized carbons (Fsp3) is 0.438. The molecule has 1 fully saturated rings. The van der Waals surface area contributed by atoms with Crippen LogP contribution in [0.5, 0.6) is 5.75 Å². The predicted molar refractivity (Wildman–Crippen MR) is 85.7 cm³/mol. The SMILES string of the molecule is COc1ccc([C@@H]2O[C@H](CO)[C@H](O)[C@H](O)[C@H]2n2cc(C(=O)O)nn2)cc1. The molecule has 1 aromatic carbocycles. The molecule has 10 nitrogen and oxygen atoms in total. The lowest BCUT2D eigenvalue weighted by atomic mass is 9.89. The summed E-state index contributed by atoms with van der Waals surface area (Å²) in [6.45, 7) is -0.491. The average Bonchev–Trinajstić information content (AvgIpc) is 3.14. The Morgan fingerprint density at radius 3 is 2.50 bits per heavy atom. The van der Waals surface area contributed by atoms with Gasteiger partial charge in [0.1, 0.15) is 36.2 Å². The van der Waals surface area contributed by atoms with Crippen LogP contribution >= 0.6 is 0 Å². The number of aliphatic hydroxyl groups is 3. The zero-order valence-corrected chi connectivity index (χ0v) is 13.8. The van der Waals surface area contributed by atoms with Gasteiger partial charge in [-0.1, -0.05) is 17.3 Å². The normalized spacial score (nSPS) is 28.7. The maximum absolute atomic E-state index is 11.1. The molecule has 4 N–H and O–H groups in total. The Bertz CT molecular complexity index is 763. The standard InChI is InChI=1S/C16H19N3O7/c1-25-9-4-2-8(3-5-9)15-12(14(22)13(21)11(7-20)26-15)19-6-10(16(23)24)17-18-19/h2-6,11-15,20-22H,7H2,1H3,(H,23,24)/t11-,12-,13+,14-,15+/m1/s1. The molecule has 2 aromatic rings. The smallest absolute Gasteiger partial charge is 0.358 e. The van der Waals surface area contributed by atoms with Gasteiger partial charge in [-0.2, -0.15) is 0 Å². The third kappa shape index (κ3) is 3.27. The summed E-state index contributed by atoms with van der Waals surface area (Å²) in [5, 5.41) is 46.5. The topological polar surface area (TPSA) is 147 Å². The van der Waals surface area contributed by atoms with E-state index in [9.17, 15) is 20.1 Å². The first kappa shape index (κ1) is 18.3. The van der Waals surface area contributed by atoms with Gasteiger partial charge >= 0.3 is 5.97 Å². The molecule has 140 valence electrons. The maximum Gasteiger partial charge on any atom is 0.358 e. The van der Waals surface area contributed by atoms with Gasteiger partial charge in [0.25, 0.3) is 0 Å². The van der Waals surface area contributed by atoms with Gasteiger partial charge in [0.05, 0.1) is 19.9 Å². The van der Waals surface area contributed by atoms with Gasteiger partial charge in [-0.3, -0.25) is 0 Å². The number of hydrogen-bond acceptors (Lipinski definition) is 8. The van der Waals surface area contributed by atoms with Crippen molar-refractivity contribution in [2.75, 3.05) is 13.7 Å². The first-order valence-corrected chi connectivity index (χ1v) is 7.87. The second kappa shape index (κ2) is 7.38. The molecule has 0 spiro atoms. The number of carbonyl (C=O) groups is 1. The van der Waals surface area contributed by atoms with E-state index in [0.29, 0.717) is 11.3 Å². The third-order valence-electron chi connectivity index (χ3n) is 4.37. The summed E-state index contributed by atoms with van der Waals surface area (Å²) in [5.41, 5.74) is 0.331. The molecule has 0 saturated carbocycles. The van der Waals surface area contributed by atoms with Crippen molar-refractivity contribution in [3.05, 3.63) is 41.7 Å². The van der Waals surface area contributed by atoms with Crippen LogP contribution in [0, 0.1) is 0 Å². The van der Waals surface area contributed by atoms with Crippen LogP contribution in [0.4, 0.5) is 0 Å². The Kier molecular flexibility index (Phi) is 5.18. The van der Waals surface area contributed by atoms with Crippen LogP contribution in [0.2, 0.25) is 0 Å². The van der Waals surface area contributed by atoms with Gasteiger partial charge in [-0.15, -0.1) is 5.10 Å². The van der Waals surface area contributed by atoms with Crippen molar-refractivity contribution in [2.24, 2.45) is 0 Å². The lowest BCUT2D eigenvalue weighted by Gasteiger charge is -2.42. The molecule has 0 bridgehead atoms. The van der Waals surface area contributed by atoms with Gasteiger partial charge in [0, 0.05) is 0 Å². The van der Waals surface area contributed by atoms with E-state index >= 15 is 0 Å². The lowest BCUT2D eigenvalue weighted by molar-refractivity contribution is -0.208. The first-order valence-electron chi connectivity index (χ1n) is 7.87. The van der Waals surface area contributed by atoms with E-state index in [1.54, 1.807) is 24.3 Å². The molecule has 0 amide bonds. The highest BCUT2D eigenvalue weighted by molar-refractivity contribution is 5.84. The van der Waals surface area contributed by atoms with Crippen LogP contribution in [-0.4, -0.2) is 73.4 Å². The molecule has 10 heteroatoms. The molecule has 0 unspecified atom stereocenters. The Morgan fingerprint density at radius 1 is 1.27 bits per heavy atom. The number of carboxylic acid groups (broad SMARTS) is 1. The van der Waals surface area contributed by atoms with Gasteiger partial charge in [-0.25, -0.2) is 9.48 Å². The van der Waals surface area contributed by atoms with Crippen LogP contribution in [0.25, 0.3) is 0 Å². The molecule has 1 saturated heterocycles. The zero-order valence-electron chi connectivity index (χ0n) is 13.8. The number of carboxylic acids is 1. The molecule has 26 heavy (non-hydrogen) atoms. The van der Waals surface area contributed by atoms with Crippen molar-refractivity contribution in [3.8, 4) is 5.75 Å². The van der Waals surface area contributed by atoms with Crippen molar-refractivity contribution >= 4 is 5.97 Å². The number of aromatic nitrogens is 3. The summed E-state index contributed by atoms with van der Waals surface area (Å²) >= 11 is 0. The summed E-state index contributed by atoms with van der Waals surface area (Å²) < 4.78 is 12.0. The Morgan fingerprint density at radius 2 is 1.96 bits per heavy atom. The van der Waals surface area contributed by atoms with Crippen LogP contribution in [0.3, 0.4) is 0 Å². The number of aromatic carboxylic acids is 1. The van der Waals surface area contributed by atoms with E-state index in [1.165, 1.54) is 7.11 Å². The van der Waals surface area contributed by atoms with Crippen molar-refractivity contribution < 1.29 is 34.7 Å². The zero-order chi connectivity index (χ0) is 18.8. The third-order valence-corrected chi connectivity index (χ3v) is 4.37. The minimum atomic E-state index is -1.38. The van der Waals surface area contributed by atoms with Crippen LogP contribution in [0.15, 0.2) is 30.5 Å². The number of methoxy groups -OCH3 is 1. The van der Waals surface area contributed by atoms with E-state index in [1.807, 2.05) is 0 Å². The summed E-state index contributed by atoms with van der Waals surface area (Å²) in [6.07, 6.45) is -3.40. The number of rotatable bonds is 5. The number of nitrogens with zero attached hydrogens (tertiary/aromatic N) is 3. The highest BCUT2D eigenvalue weighted by Crippen LogP contribution is 2.40. The largest absolute Gasteiger partial charge is 0.497 e. The van der Waals surface area contributed by atoms with E-state index < -0.39 is 43.0 Å². The molecule has 0 radical (unpaired) electrons. The summed E-state index contributed by atoms with van der Waals surface area (Å²) in [5.74, 6) is -0.647. The second-order valence-electron chi connectivity index (χ2n) is 5.91. The van der Waals surface area contributed by atoms with E-state index in [4.69, 9.17) is 14.6 Å². The molecule has 1 aromatic heterocycles. The van der Waals surface area contributed by atoms with Crippen LogP contribution < -0.4 is 4.74 Å². The Balaban J connectivity index is 2.01. The highest BCUT2D eigenvalue weighted by atomic mass is 16.5. The first-order chi connectivity index (χ1) is 12.5. The molecule has 0 aliphatic carbocycles. The van der Waals surface area contributed by atoms with Gasteiger partial charge in [0.15, 0.2) is 5.69 Å². The molecule has 1 aliphatic rings. The van der Waals surface area contributed by atoms with E-state index in [0.717, 1.165) is 10.9 Å². The fourth-order valence-electron chi connectivity index (χ4n) is 2.99. The average molecular weight is 365 g/mol. The molecule has 5 atom stereocenters. The number of ether oxygens (including phenoxy) is 2. The Hall–Kier alpha value is -2.53. The minimum absolute atomic E-state index is 0.301. The number of hydrogen-bond donors (Lipinski definition) is 4. The van der Waals surface area contributed by atoms with Gasteiger partial charge in [0.2, 0.25) is 0 Å². The molecule has 1 aliphatic heterocycles. The van der Waals surface area contributed by atoms with E-state index in [2.05, 4.69) is 10.3 Å². The van der Waals surface area contributed by atoms with Crippen molar-refractivity contribution in [1.82, 2.24) is 15.0 Å². The van der Waals surface area contributed by atoms with Gasteiger partial charge in [-0.05, 0) is 17.7 Å². The molecule has 2 heterocycles. The Labute approximate surface area is 148 Å². The van der Waals surface area contributed by atoms with Crippen molar-refractivity contribution in [2.45, 2.75) is 30.5 Å². The molecule has 3 rings (SSSR count). The summed E-state index contributed by atoms with van der Waals surface area (Å²) in [4.78, 5) is 11.1. The highest BCUT2D eigenvalue weighted by Gasteiger charge is 2.46. The summed E-state index contributed by atoms with van der Waals surface area (Å²) in [6, 6.07) is 5.88. The van der Waals surface area contributed by atoms with E-state index in [-0.39, 0.29) is 5.69 Å². The molecular formula is C16H19N3O7. The summed E-state index contributed by atoms with van der Waals surface area (Å²) in [7, 11) is 1.53. The second-order valence-corrected chi connectivity index (χ2v) is 5.91. The van der Waals surface area contributed by atoms with Crippen LogP contribution in [0.1, 0.15) is 28.2 Å². The quantitative estimate of drug-likeness (QED) is 0.544. The number of aliphatic hydroxyl groups excluding tert-OH is 3.